The van der Waals surface area contributed by atoms with E-state index in [1.54, 1.807) is 0 Å². The summed E-state index contributed by atoms with van der Waals surface area (Å²) in [7, 11) is -4.08. The van der Waals surface area contributed by atoms with Crippen molar-refractivity contribution in [3.05, 3.63) is 28.7 Å². The maximum atomic E-state index is 14.3. The highest BCUT2D eigenvalue weighted by Crippen LogP contribution is 2.29. The van der Waals surface area contributed by atoms with Gasteiger partial charge in [0.1, 0.15) is 17.0 Å². The molecule has 0 aliphatic carbocycles. The van der Waals surface area contributed by atoms with Crippen molar-refractivity contribution in [2.75, 3.05) is 36.2 Å². The molecule has 0 atom stereocenters. The van der Waals surface area contributed by atoms with Gasteiger partial charge in [0.15, 0.2) is 0 Å². The van der Waals surface area contributed by atoms with Crippen LogP contribution in [0.5, 0.6) is 0 Å². The first-order chi connectivity index (χ1) is 12.4. The second-order valence-corrected chi connectivity index (χ2v) is 8.57. The van der Waals surface area contributed by atoms with Gasteiger partial charge in [-0.2, -0.15) is 4.37 Å². The van der Waals surface area contributed by atoms with E-state index in [0.29, 0.717) is 23.2 Å². The third kappa shape index (κ3) is 6.13. The number of unbranched alkanes of at least 4 members (excludes halogenated alkanes) is 1. The van der Waals surface area contributed by atoms with Crippen LogP contribution in [-0.4, -0.2) is 44.0 Å². The van der Waals surface area contributed by atoms with Gasteiger partial charge >= 0.3 is 0 Å². The molecule has 0 spiro atoms. The molecule has 1 aromatic carbocycles. The molecular weight excluding hydrogens is 447 g/mol. The molecule has 26 heavy (non-hydrogen) atoms. The molecule has 0 aliphatic heterocycles. The lowest BCUT2D eigenvalue weighted by atomic mass is 10.2. The SMILES string of the molecule is NCCNCCCCNc1cc(F)c(S(=O)(=O)Nc2ncns2)cc1Br. The zero-order valence-electron chi connectivity index (χ0n) is 13.8. The highest BCUT2D eigenvalue weighted by atomic mass is 79.9. The van der Waals surface area contributed by atoms with Crippen molar-refractivity contribution in [3.63, 3.8) is 0 Å². The number of benzene rings is 1. The van der Waals surface area contributed by atoms with E-state index >= 15 is 0 Å². The summed E-state index contributed by atoms with van der Waals surface area (Å²) in [6, 6.07) is 2.38. The molecule has 2 aromatic rings. The minimum absolute atomic E-state index is 0.0750. The lowest BCUT2D eigenvalue weighted by Gasteiger charge is -2.12. The van der Waals surface area contributed by atoms with Gasteiger partial charge in [0.25, 0.3) is 10.0 Å². The van der Waals surface area contributed by atoms with Crippen LogP contribution in [0.2, 0.25) is 0 Å². The van der Waals surface area contributed by atoms with Crippen molar-refractivity contribution in [3.8, 4) is 0 Å². The third-order valence-electron chi connectivity index (χ3n) is 3.31. The van der Waals surface area contributed by atoms with Crippen molar-refractivity contribution in [2.45, 2.75) is 17.7 Å². The zero-order chi connectivity index (χ0) is 19.0. The predicted molar refractivity (Wildman–Crippen MR) is 104 cm³/mol. The van der Waals surface area contributed by atoms with Crippen molar-refractivity contribution in [2.24, 2.45) is 5.73 Å². The smallest absolute Gasteiger partial charge is 0.266 e. The number of nitrogens with zero attached hydrogens (tertiary/aromatic N) is 2. The van der Waals surface area contributed by atoms with E-state index in [4.69, 9.17) is 5.73 Å². The molecule has 2 rings (SSSR count). The van der Waals surface area contributed by atoms with Gasteiger partial charge in [-0.3, -0.25) is 4.72 Å². The molecule has 5 N–H and O–H groups in total. The standard InChI is InChI=1S/C14H20BrFN6O2S2/c15-10-7-13(26(23,24)22-14-20-9-21-25-14)11(16)8-12(10)19-5-2-1-4-18-6-3-17/h7-9,18-19H,1-6,17H2,(H,20,21,22). The van der Waals surface area contributed by atoms with Crippen LogP contribution < -0.4 is 21.1 Å². The Balaban J connectivity index is 1.97. The molecule has 0 saturated heterocycles. The van der Waals surface area contributed by atoms with Gasteiger partial charge in [-0.1, -0.05) is 0 Å². The largest absolute Gasteiger partial charge is 0.384 e. The average Bonchev–Trinajstić information content (AvgIpc) is 3.08. The summed E-state index contributed by atoms with van der Waals surface area (Å²) >= 11 is 4.15. The summed E-state index contributed by atoms with van der Waals surface area (Å²) < 4.78 is 45.3. The topological polar surface area (TPSA) is 122 Å². The van der Waals surface area contributed by atoms with Crippen LogP contribution in [0.1, 0.15) is 12.8 Å². The minimum atomic E-state index is -4.08. The molecule has 8 nitrogen and oxygen atoms in total. The lowest BCUT2D eigenvalue weighted by molar-refractivity contribution is 0.570. The summed E-state index contributed by atoms with van der Waals surface area (Å²) in [6.45, 7) is 2.89. The third-order valence-corrected chi connectivity index (χ3v) is 6.03. The minimum Gasteiger partial charge on any atom is -0.384 e. The number of nitrogens with two attached hydrogens (primary N) is 1. The highest BCUT2D eigenvalue weighted by Gasteiger charge is 2.22. The summed E-state index contributed by atoms with van der Waals surface area (Å²) in [5.74, 6) is -0.850. The van der Waals surface area contributed by atoms with Crippen LogP contribution in [0, 0.1) is 5.82 Å². The van der Waals surface area contributed by atoms with E-state index in [1.165, 1.54) is 12.4 Å². The number of halogens is 2. The molecule has 144 valence electrons. The van der Waals surface area contributed by atoms with Gasteiger partial charge in [-0.15, -0.1) is 0 Å². The summed E-state index contributed by atoms with van der Waals surface area (Å²) in [5.41, 5.74) is 5.88. The normalized spacial score (nSPS) is 11.5. The molecule has 1 heterocycles. The van der Waals surface area contributed by atoms with Gasteiger partial charge in [0.2, 0.25) is 5.13 Å². The van der Waals surface area contributed by atoms with E-state index in [-0.39, 0.29) is 5.13 Å². The van der Waals surface area contributed by atoms with E-state index in [2.05, 4.69) is 40.6 Å². The monoisotopic (exact) mass is 466 g/mol. The van der Waals surface area contributed by atoms with Gasteiger partial charge in [-0.25, -0.2) is 17.8 Å². The molecule has 1 aromatic heterocycles. The van der Waals surface area contributed by atoms with Gasteiger partial charge in [0.05, 0.1) is 5.69 Å². The molecule has 12 heteroatoms. The Kier molecular flexibility index (Phi) is 8.15. The first kappa shape index (κ1) is 21.0. The fourth-order valence-corrected chi connectivity index (χ4v) is 4.47. The Hall–Kier alpha value is -1.34. The van der Waals surface area contributed by atoms with E-state index < -0.39 is 20.7 Å². The number of anilines is 2. The Labute approximate surface area is 164 Å². The van der Waals surface area contributed by atoms with Crippen LogP contribution in [0.4, 0.5) is 15.2 Å². The second kappa shape index (κ2) is 10.1. The van der Waals surface area contributed by atoms with Crippen LogP contribution in [0.25, 0.3) is 0 Å². The Morgan fingerprint density at radius 3 is 2.69 bits per heavy atom. The van der Waals surface area contributed by atoms with Crippen LogP contribution in [-0.2, 0) is 10.0 Å². The fraction of sp³-hybridized carbons (Fsp3) is 0.429. The number of nitrogens with one attached hydrogen (secondary N) is 3. The average molecular weight is 467 g/mol. The van der Waals surface area contributed by atoms with E-state index in [9.17, 15) is 12.8 Å². The number of rotatable bonds is 11. The van der Waals surface area contributed by atoms with Crippen molar-refractivity contribution in [1.82, 2.24) is 14.7 Å². The molecule has 0 amide bonds. The van der Waals surface area contributed by atoms with E-state index in [0.717, 1.165) is 43.5 Å². The quantitative estimate of drug-likeness (QED) is 0.373. The highest BCUT2D eigenvalue weighted by molar-refractivity contribution is 9.10. The number of hydrogen-bond acceptors (Lipinski definition) is 8. The lowest BCUT2D eigenvalue weighted by Crippen LogP contribution is -2.23. The Bertz CT molecular complexity index is 804. The van der Waals surface area contributed by atoms with Crippen molar-refractivity contribution >= 4 is 48.3 Å². The first-order valence-electron chi connectivity index (χ1n) is 7.87. The maximum Gasteiger partial charge on any atom is 0.266 e. The number of sulfonamides is 1. The molecule has 0 saturated carbocycles. The van der Waals surface area contributed by atoms with Gasteiger partial charge in [-0.05, 0) is 47.4 Å². The Morgan fingerprint density at radius 2 is 2.00 bits per heavy atom. The fourth-order valence-electron chi connectivity index (χ4n) is 2.08. The summed E-state index contributed by atoms with van der Waals surface area (Å²) in [6.07, 6.45) is 3.04. The van der Waals surface area contributed by atoms with Crippen LogP contribution >= 0.6 is 27.5 Å². The van der Waals surface area contributed by atoms with E-state index in [1.807, 2.05) is 0 Å². The van der Waals surface area contributed by atoms with Crippen molar-refractivity contribution in [1.29, 1.82) is 0 Å². The molecule has 0 unspecified atom stereocenters. The van der Waals surface area contributed by atoms with Crippen molar-refractivity contribution < 1.29 is 12.8 Å². The molecule has 0 bridgehead atoms. The summed E-state index contributed by atoms with van der Waals surface area (Å²) in [4.78, 5) is 3.27. The second-order valence-electron chi connectivity index (χ2n) is 5.29. The molecule has 0 aliphatic rings. The van der Waals surface area contributed by atoms with Gasteiger partial charge in [0, 0.05) is 35.6 Å². The first-order valence-corrected chi connectivity index (χ1v) is 10.9. The molecule has 0 radical (unpaired) electrons. The summed E-state index contributed by atoms with van der Waals surface area (Å²) in [5, 5.41) is 6.36. The van der Waals surface area contributed by atoms with Crippen LogP contribution in [0.15, 0.2) is 27.8 Å². The molecular formula is C14H20BrFN6O2S2. The predicted octanol–water partition coefficient (Wildman–Crippen LogP) is 1.98. The number of aromatic nitrogens is 2. The van der Waals surface area contributed by atoms with Gasteiger partial charge < -0.3 is 16.4 Å². The number of hydrogen-bond donors (Lipinski definition) is 4. The zero-order valence-corrected chi connectivity index (χ0v) is 17.1. The van der Waals surface area contributed by atoms with Crippen LogP contribution in [0.3, 0.4) is 0 Å². The Morgan fingerprint density at radius 1 is 1.23 bits per heavy atom. The maximum absolute atomic E-state index is 14.3. The molecule has 0 fully saturated rings.